The minimum absolute atomic E-state index is 0.687. The van der Waals surface area contributed by atoms with Crippen LogP contribution in [0.1, 0.15) is 44.6 Å². The Bertz CT molecular complexity index is 431. The molecular weight excluding hydrogens is 238 g/mol. The lowest BCUT2D eigenvalue weighted by molar-refractivity contribution is -0.143. The summed E-state index contributed by atoms with van der Waals surface area (Å²) in [6.45, 7) is 4.22. The zero-order valence-corrected chi connectivity index (χ0v) is 11.8. The summed E-state index contributed by atoms with van der Waals surface area (Å²) >= 11 is 0. The molecule has 0 spiro atoms. The number of aryl methyl sites for hydroxylation is 1. The highest BCUT2D eigenvalue weighted by Gasteiger charge is 2.41. The molecule has 2 N–H and O–H groups in total. The van der Waals surface area contributed by atoms with Gasteiger partial charge in [-0.2, -0.15) is 0 Å². The fourth-order valence-corrected chi connectivity index (χ4v) is 2.88. The van der Waals surface area contributed by atoms with Gasteiger partial charge in [0.25, 0.3) is 0 Å². The van der Waals surface area contributed by atoms with E-state index in [1.807, 2.05) is 31.2 Å². The number of aliphatic carboxylic acids is 1. The third-order valence-corrected chi connectivity index (χ3v) is 4.38. The van der Waals surface area contributed by atoms with Crippen LogP contribution in [-0.2, 0) is 4.79 Å². The van der Waals surface area contributed by atoms with Crippen molar-refractivity contribution in [3.63, 3.8) is 0 Å². The quantitative estimate of drug-likeness (QED) is 0.866. The molecule has 0 amide bonds. The van der Waals surface area contributed by atoms with E-state index in [1.54, 1.807) is 0 Å². The lowest BCUT2D eigenvalue weighted by atomic mass is 9.75. The van der Waals surface area contributed by atoms with Gasteiger partial charge in [-0.05, 0) is 50.7 Å². The van der Waals surface area contributed by atoms with Crippen molar-refractivity contribution in [1.82, 2.24) is 0 Å². The molecular formula is C16H23NO2. The van der Waals surface area contributed by atoms with Crippen LogP contribution in [0.4, 0.5) is 5.69 Å². The van der Waals surface area contributed by atoms with E-state index in [0.29, 0.717) is 18.8 Å². The monoisotopic (exact) mass is 261 g/mol. The highest BCUT2D eigenvalue weighted by atomic mass is 16.4. The van der Waals surface area contributed by atoms with Gasteiger partial charge < -0.3 is 10.4 Å². The molecule has 3 heteroatoms. The molecule has 1 aliphatic rings. The summed E-state index contributed by atoms with van der Waals surface area (Å²) in [5, 5.41) is 12.9. The van der Waals surface area contributed by atoms with Gasteiger partial charge in [-0.1, -0.05) is 31.0 Å². The first-order chi connectivity index (χ1) is 9.05. The molecule has 0 aromatic heterocycles. The largest absolute Gasteiger partial charge is 0.480 e. The van der Waals surface area contributed by atoms with Crippen LogP contribution in [0.25, 0.3) is 0 Å². The molecule has 0 aliphatic heterocycles. The van der Waals surface area contributed by atoms with Gasteiger partial charge in [-0.3, -0.25) is 0 Å². The summed E-state index contributed by atoms with van der Waals surface area (Å²) in [7, 11) is 0. The molecule has 0 radical (unpaired) electrons. The predicted octanol–water partition coefficient (Wildman–Crippen LogP) is 3.83. The van der Waals surface area contributed by atoms with Crippen molar-refractivity contribution in [3.8, 4) is 0 Å². The van der Waals surface area contributed by atoms with Crippen LogP contribution in [0, 0.1) is 12.8 Å². The van der Waals surface area contributed by atoms with Gasteiger partial charge in [0.1, 0.15) is 5.54 Å². The number of hydrogen-bond donors (Lipinski definition) is 2. The van der Waals surface area contributed by atoms with Gasteiger partial charge in [0.05, 0.1) is 0 Å². The van der Waals surface area contributed by atoms with Crippen LogP contribution in [-0.4, -0.2) is 16.6 Å². The third kappa shape index (κ3) is 3.09. The summed E-state index contributed by atoms with van der Waals surface area (Å²) in [5.74, 6) is -0.0325. The summed E-state index contributed by atoms with van der Waals surface area (Å²) in [4.78, 5) is 11.7. The van der Waals surface area contributed by atoms with E-state index in [4.69, 9.17) is 0 Å². The number of carboxylic acid groups (broad SMARTS) is 1. The van der Waals surface area contributed by atoms with Gasteiger partial charge in [-0.25, -0.2) is 4.79 Å². The molecule has 104 valence electrons. The minimum atomic E-state index is -0.777. The van der Waals surface area contributed by atoms with Gasteiger partial charge in [0.15, 0.2) is 0 Å². The Labute approximate surface area is 115 Å². The number of carbonyl (C=O) groups is 1. The van der Waals surface area contributed by atoms with Crippen LogP contribution < -0.4 is 5.32 Å². The number of carboxylic acids is 1. The molecule has 1 saturated carbocycles. The third-order valence-electron chi connectivity index (χ3n) is 4.38. The molecule has 0 bridgehead atoms. The predicted molar refractivity (Wildman–Crippen MR) is 77.4 cm³/mol. The second-order valence-electron chi connectivity index (χ2n) is 5.73. The number of benzene rings is 1. The van der Waals surface area contributed by atoms with E-state index in [-0.39, 0.29) is 0 Å². The van der Waals surface area contributed by atoms with Crippen LogP contribution in [0.15, 0.2) is 24.3 Å². The maximum Gasteiger partial charge on any atom is 0.329 e. The lowest BCUT2D eigenvalue weighted by Crippen LogP contribution is -2.49. The first kappa shape index (κ1) is 13.9. The zero-order chi connectivity index (χ0) is 13.9. The van der Waals surface area contributed by atoms with Crippen molar-refractivity contribution < 1.29 is 9.90 Å². The zero-order valence-electron chi connectivity index (χ0n) is 11.8. The summed E-state index contributed by atoms with van der Waals surface area (Å²) in [6, 6.07) is 7.95. The average molecular weight is 261 g/mol. The fourth-order valence-electron chi connectivity index (χ4n) is 2.88. The maximum absolute atomic E-state index is 11.7. The first-order valence-electron chi connectivity index (χ1n) is 7.14. The molecule has 0 unspecified atom stereocenters. The Morgan fingerprint density at radius 1 is 1.32 bits per heavy atom. The molecule has 2 rings (SSSR count). The Kier molecular flexibility index (Phi) is 4.13. The van der Waals surface area contributed by atoms with E-state index in [2.05, 4.69) is 12.2 Å². The van der Waals surface area contributed by atoms with Crippen LogP contribution in [0.3, 0.4) is 0 Å². The standard InChI is InChI=1S/C16H23NO2/c1-3-13-8-10-16(11-9-13,15(18)19)17-14-6-4-12(2)5-7-14/h4-7,13,17H,3,8-11H2,1-2H3,(H,18,19). The molecule has 0 saturated heterocycles. The van der Waals surface area contributed by atoms with Crippen molar-refractivity contribution in [2.75, 3.05) is 5.32 Å². The number of hydrogen-bond acceptors (Lipinski definition) is 2. The Morgan fingerprint density at radius 2 is 1.89 bits per heavy atom. The van der Waals surface area contributed by atoms with Crippen LogP contribution in [0.5, 0.6) is 0 Å². The second-order valence-corrected chi connectivity index (χ2v) is 5.73. The lowest BCUT2D eigenvalue weighted by Gasteiger charge is -2.38. The molecule has 0 atom stereocenters. The van der Waals surface area contributed by atoms with Gasteiger partial charge in [0, 0.05) is 5.69 Å². The van der Waals surface area contributed by atoms with Crippen molar-refractivity contribution in [1.29, 1.82) is 0 Å². The van der Waals surface area contributed by atoms with Crippen molar-refractivity contribution in [3.05, 3.63) is 29.8 Å². The molecule has 3 nitrogen and oxygen atoms in total. The van der Waals surface area contributed by atoms with Crippen molar-refractivity contribution in [2.45, 2.75) is 51.5 Å². The number of anilines is 1. The second kappa shape index (κ2) is 5.64. The highest BCUT2D eigenvalue weighted by Crippen LogP contribution is 2.36. The minimum Gasteiger partial charge on any atom is -0.480 e. The molecule has 0 heterocycles. The Morgan fingerprint density at radius 3 is 2.37 bits per heavy atom. The van der Waals surface area contributed by atoms with Crippen LogP contribution in [0.2, 0.25) is 0 Å². The highest BCUT2D eigenvalue weighted by molar-refractivity contribution is 5.83. The molecule has 1 aromatic rings. The van der Waals surface area contributed by atoms with E-state index >= 15 is 0 Å². The maximum atomic E-state index is 11.7. The molecule has 1 fully saturated rings. The molecule has 19 heavy (non-hydrogen) atoms. The smallest absolute Gasteiger partial charge is 0.329 e. The first-order valence-corrected chi connectivity index (χ1v) is 7.14. The van der Waals surface area contributed by atoms with E-state index in [9.17, 15) is 9.90 Å². The van der Waals surface area contributed by atoms with E-state index in [1.165, 1.54) is 5.56 Å². The fraction of sp³-hybridized carbons (Fsp3) is 0.562. The average Bonchev–Trinajstić information content (AvgIpc) is 2.42. The molecule has 1 aliphatic carbocycles. The summed E-state index contributed by atoms with van der Waals surface area (Å²) in [6.07, 6.45) is 4.59. The van der Waals surface area contributed by atoms with Crippen LogP contribution >= 0.6 is 0 Å². The molecule has 1 aromatic carbocycles. The Balaban J connectivity index is 2.12. The number of nitrogens with one attached hydrogen (secondary N) is 1. The van der Waals surface area contributed by atoms with Gasteiger partial charge in [0.2, 0.25) is 0 Å². The SMILES string of the molecule is CCC1CCC(Nc2ccc(C)cc2)(C(=O)O)CC1. The number of rotatable bonds is 4. The van der Waals surface area contributed by atoms with Crippen molar-refractivity contribution in [2.24, 2.45) is 5.92 Å². The Hall–Kier alpha value is -1.51. The van der Waals surface area contributed by atoms with Gasteiger partial charge >= 0.3 is 5.97 Å². The summed E-state index contributed by atoms with van der Waals surface area (Å²) in [5.41, 5.74) is 1.31. The van der Waals surface area contributed by atoms with E-state index < -0.39 is 11.5 Å². The topological polar surface area (TPSA) is 49.3 Å². The van der Waals surface area contributed by atoms with E-state index in [0.717, 1.165) is 24.9 Å². The van der Waals surface area contributed by atoms with Gasteiger partial charge in [-0.15, -0.1) is 0 Å². The normalized spacial score (nSPS) is 26.9. The van der Waals surface area contributed by atoms with Crippen molar-refractivity contribution >= 4 is 11.7 Å². The summed E-state index contributed by atoms with van der Waals surface area (Å²) < 4.78 is 0.